The minimum atomic E-state index is -3.12. The molecule has 11 heteroatoms. The molecule has 194 valence electrons. The molecule has 4 rings (SSSR count). The van der Waals surface area contributed by atoms with Crippen LogP contribution in [0.5, 0.6) is 5.75 Å². The Morgan fingerprint density at radius 2 is 2.03 bits per heavy atom. The number of hydrogen-bond acceptors (Lipinski definition) is 5. The van der Waals surface area contributed by atoms with E-state index in [0.717, 1.165) is 31.5 Å². The number of nitrogens with zero attached hydrogens (tertiary/aromatic N) is 2. The first-order chi connectivity index (χ1) is 16.1. The maximum absolute atomic E-state index is 13.7. The molecule has 1 spiro atoms. The lowest BCUT2D eigenvalue weighted by Gasteiger charge is -2.39. The van der Waals surface area contributed by atoms with Gasteiger partial charge >= 0.3 is 6.43 Å². The molecule has 0 aromatic heterocycles. The summed E-state index contributed by atoms with van der Waals surface area (Å²) in [5.74, 6) is -1.28. The Kier molecular flexibility index (Phi) is 8.26. The van der Waals surface area contributed by atoms with Crippen LogP contribution in [0.4, 0.5) is 14.5 Å². The minimum absolute atomic E-state index is 0. The van der Waals surface area contributed by atoms with E-state index in [1.54, 1.807) is 12.1 Å². The van der Waals surface area contributed by atoms with E-state index >= 15 is 0 Å². The zero-order chi connectivity index (χ0) is 24.6. The van der Waals surface area contributed by atoms with Gasteiger partial charge in [-0.15, -0.1) is 12.4 Å². The number of hydrogen-bond donors (Lipinski definition) is 2. The molecule has 2 N–H and O–H groups in total. The van der Waals surface area contributed by atoms with Crippen LogP contribution in [0.3, 0.4) is 0 Å². The summed E-state index contributed by atoms with van der Waals surface area (Å²) in [6, 6.07) is 3.50. The average molecular weight is 515 g/mol. The summed E-state index contributed by atoms with van der Waals surface area (Å²) in [6.45, 7) is 7.36. The summed E-state index contributed by atoms with van der Waals surface area (Å²) in [5.41, 5.74) is 0.709. The van der Waals surface area contributed by atoms with Gasteiger partial charge < -0.3 is 25.2 Å². The lowest BCUT2D eigenvalue weighted by molar-refractivity contribution is -0.132. The van der Waals surface area contributed by atoms with Crippen molar-refractivity contribution in [1.82, 2.24) is 15.5 Å². The van der Waals surface area contributed by atoms with E-state index in [9.17, 15) is 23.2 Å². The van der Waals surface area contributed by atoms with Gasteiger partial charge in [0.05, 0.1) is 5.69 Å². The first-order valence-corrected chi connectivity index (χ1v) is 11.9. The molecular weight excluding hydrogens is 482 g/mol. The van der Waals surface area contributed by atoms with Crippen molar-refractivity contribution in [3.63, 3.8) is 0 Å². The predicted molar refractivity (Wildman–Crippen MR) is 130 cm³/mol. The number of fused-ring (bicyclic) bond motifs is 1. The van der Waals surface area contributed by atoms with E-state index in [1.165, 1.54) is 4.90 Å². The number of piperidine rings is 1. The fraction of sp³-hybridized carbons (Fsp3) is 0.625. The van der Waals surface area contributed by atoms with E-state index < -0.39 is 17.9 Å². The SMILES string of the molecule is Cc1cc2c(cc1C(=O)N(C(C)C)[C@@H]1CCCNC1)N(CCNC(=O)C(F)F)C(=O)C1(CC1)O2.Cl. The molecule has 2 heterocycles. The summed E-state index contributed by atoms with van der Waals surface area (Å²) in [6.07, 6.45) is -0.0689. The first-order valence-electron chi connectivity index (χ1n) is 11.9. The Hall–Kier alpha value is -2.46. The third kappa shape index (κ3) is 5.38. The summed E-state index contributed by atoms with van der Waals surface area (Å²) in [4.78, 5) is 41.5. The van der Waals surface area contributed by atoms with E-state index in [2.05, 4.69) is 10.6 Å². The molecule has 35 heavy (non-hydrogen) atoms. The number of nitrogens with one attached hydrogen (secondary N) is 2. The number of carbonyl (C=O) groups is 3. The van der Waals surface area contributed by atoms with Crippen molar-refractivity contribution >= 4 is 35.8 Å². The highest BCUT2D eigenvalue weighted by Gasteiger charge is 2.58. The second-order valence-electron chi connectivity index (χ2n) is 9.59. The molecule has 2 fully saturated rings. The van der Waals surface area contributed by atoms with Crippen LogP contribution in [-0.4, -0.2) is 72.9 Å². The third-order valence-electron chi connectivity index (χ3n) is 6.76. The number of rotatable bonds is 7. The smallest absolute Gasteiger partial charge is 0.315 e. The zero-order valence-corrected chi connectivity index (χ0v) is 21.1. The Bertz CT molecular complexity index is 981. The fourth-order valence-electron chi connectivity index (χ4n) is 4.85. The number of aryl methyl sites for hydroxylation is 1. The number of carbonyl (C=O) groups excluding carboxylic acids is 3. The van der Waals surface area contributed by atoms with Crippen LogP contribution < -0.4 is 20.3 Å². The molecule has 2 aliphatic heterocycles. The maximum atomic E-state index is 13.7. The lowest BCUT2D eigenvalue weighted by Crippen LogP contribution is -2.52. The number of anilines is 1. The molecule has 3 amide bonds. The van der Waals surface area contributed by atoms with Crippen LogP contribution in [0, 0.1) is 6.92 Å². The molecular formula is C24H33ClF2N4O4. The van der Waals surface area contributed by atoms with Gasteiger partial charge in [-0.05, 0) is 57.9 Å². The van der Waals surface area contributed by atoms with Gasteiger partial charge in [0.15, 0.2) is 5.60 Å². The minimum Gasteiger partial charge on any atom is -0.475 e. The standard InChI is InChI=1S/C24H32F2N4O4.ClH/c1-14(2)30(16-5-4-8-27-13-16)22(32)17-12-18-19(11-15(17)3)34-24(6-7-24)23(33)29(18)10-9-28-21(31)20(25)26;/h11-12,14,16,20,27H,4-10,13H2,1-3H3,(H,28,31);1H/t16-;/m1./s1. The van der Waals surface area contributed by atoms with Crippen LogP contribution in [-0.2, 0) is 9.59 Å². The molecule has 0 unspecified atom stereocenters. The second kappa shape index (κ2) is 10.7. The van der Waals surface area contributed by atoms with Crippen LogP contribution in [0.1, 0.15) is 55.5 Å². The highest BCUT2D eigenvalue weighted by molar-refractivity contribution is 6.06. The van der Waals surface area contributed by atoms with Crippen LogP contribution >= 0.6 is 12.4 Å². The van der Waals surface area contributed by atoms with Gasteiger partial charge in [-0.3, -0.25) is 14.4 Å². The fourth-order valence-corrected chi connectivity index (χ4v) is 4.85. The van der Waals surface area contributed by atoms with Gasteiger partial charge in [-0.25, -0.2) is 0 Å². The van der Waals surface area contributed by atoms with Gasteiger partial charge in [0.1, 0.15) is 5.75 Å². The van der Waals surface area contributed by atoms with E-state index in [1.807, 2.05) is 25.7 Å². The zero-order valence-electron chi connectivity index (χ0n) is 20.2. The third-order valence-corrected chi connectivity index (χ3v) is 6.76. The lowest BCUT2D eigenvalue weighted by atomic mass is 9.99. The van der Waals surface area contributed by atoms with Crippen molar-refractivity contribution in [3.8, 4) is 5.75 Å². The predicted octanol–water partition coefficient (Wildman–Crippen LogP) is 2.66. The largest absolute Gasteiger partial charge is 0.475 e. The van der Waals surface area contributed by atoms with Crippen molar-refractivity contribution in [2.45, 2.75) is 70.6 Å². The molecule has 1 saturated carbocycles. The normalized spacial score (nSPS) is 20.3. The molecule has 1 saturated heterocycles. The quantitative estimate of drug-likeness (QED) is 0.584. The van der Waals surface area contributed by atoms with Gasteiger partial charge in [0.2, 0.25) is 0 Å². The average Bonchev–Trinajstić information content (AvgIpc) is 3.56. The van der Waals surface area contributed by atoms with Crippen LogP contribution in [0.2, 0.25) is 0 Å². The van der Waals surface area contributed by atoms with Crippen molar-refractivity contribution < 1.29 is 27.9 Å². The van der Waals surface area contributed by atoms with E-state index in [4.69, 9.17) is 4.74 Å². The summed E-state index contributed by atoms with van der Waals surface area (Å²) >= 11 is 0. The van der Waals surface area contributed by atoms with Crippen molar-refractivity contribution in [2.75, 3.05) is 31.1 Å². The monoisotopic (exact) mass is 514 g/mol. The molecule has 1 atom stereocenters. The summed E-state index contributed by atoms with van der Waals surface area (Å²) < 4.78 is 31.2. The number of benzene rings is 1. The number of ether oxygens (including phenoxy) is 1. The van der Waals surface area contributed by atoms with Crippen molar-refractivity contribution in [2.24, 2.45) is 0 Å². The Morgan fingerprint density at radius 1 is 1.31 bits per heavy atom. The van der Waals surface area contributed by atoms with Gasteiger partial charge in [0, 0.05) is 50.1 Å². The Labute approximate surface area is 210 Å². The Balaban J connectivity index is 0.00000342. The summed E-state index contributed by atoms with van der Waals surface area (Å²) in [5, 5.41) is 5.50. The van der Waals surface area contributed by atoms with Crippen LogP contribution in [0.25, 0.3) is 0 Å². The number of amides is 3. The van der Waals surface area contributed by atoms with E-state index in [-0.39, 0.29) is 49.4 Å². The molecule has 0 radical (unpaired) electrons. The highest BCUT2D eigenvalue weighted by atomic mass is 35.5. The van der Waals surface area contributed by atoms with Crippen LogP contribution in [0.15, 0.2) is 12.1 Å². The van der Waals surface area contributed by atoms with Gasteiger partial charge in [0.25, 0.3) is 17.7 Å². The summed E-state index contributed by atoms with van der Waals surface area (Å²) in [7, 11) is 0. The van der Waals surface area contributed by atoms with Crippen molar-refractivity contribution in [3.05, 3.63) is 23.3 Å². The van der Waals surface area contributed by atoms with Crippen molar-refractivity contribution in [1.29, 1.82) is 0 Å². The molecule has 1 aliphatic carbocycles. The topological polar surface area (TPSA) is 91.0 Å². The number of halogens is 3. The molecule has 1 aromatic carbocycles. The molecule has 3 aliphatic rings. The molecule has 0 bridgehead atoms. The molecule has 1 aromatic rings. The molecule has 8 nitrogen and oxygen atoms in total. The number of alkyl halides is 2. The highest BCUT2D eigenvalue weighted by Crippen LogP contribution is 2.49. The maximum Gasteiger partial charge on any atom is 0.315 e. The first kappa shape index (κ1) is 27.1. The van der Waals surface area contributed by atoms with E-state index in [0.29, 0.717) is 29.8 Å². The second-order valence-corrected chi connectivity index (χ2v) is 9.59. The Morgan fingerprint density at radius 3 is 2.60 bits per heavy atom. The van der Waals surface area contributed by atoms with Gasteiger partial charge in [-0.2, -0.15) is 8.78 Å². The van der Waals surface area contributed by atoms with Gasteiger partial charge in [-0.1, -0.05) is 0 Å².